The fraction of sp³-hybridized carbons (Fsp3) is 1.00. The predicted octanol–water partition coefficient (Wildman–Crippen LogP) is 3.91. The molecule has 0 fully saturated rings. The van der Waals surface area contributed by atoms with Gasteiger partial charge in [-0.1, -0.05) is 0 Å². The fourth-order valence-corrected chi connectivity index (χ4v) is 5.73. The Morgan fingerprint density at radius 3 is 1.26 bits per heavy atom. The van der Waals surface area contributed by atoms with E-state index in [4.69, 9.17) is 18.1 Å². The van der Waals surface area contributed by atoms with E-state index in [-0.39, 0.29) is 24.8 Å². The number of hydrogen-bond donors (Lipinski definition) is 1. The SMILES string of the molecule is CCOP(=O)(CCC(CO)CCP(=O)(OCC)OCC)OCC. The number of aliphatic hydroxyl groups excluding tert-OH is 1. The van der Waals surface area contributed by atoms with E-state index >= 15 is 0 Å². The maximum absolute atomic E-state index is 12.4. The van der Waals surface area contributed by atoms with E-state index in [1.54, 1.807) is 27.7 Å². The van der Waals surface area contributed by atoms with E-state index in [9.17, 15) is 14.2 Å². The second-order valence-electron chi connectivity index (χ2n) is 4.97. The molecule has 0 aliphatic rings. The summed E-state index contributed by atoms with van der Waals surface area (Å²) in [5.74, 6) is -0.154. The van der Waals surface area contributed by atoms with Crippen LogP contribution in [-0.2, 0) is 27.2 Å². The second kappa shape index (κ2) is 12.6. The molecule has 7 nitrogen and oxygen atoms in total. The van der Waals surface area contributed by atoms with Crippen molar-refractivity contribution in [3.63, 3.8) is 0 Å². The monoisotopic (exact) mass is 374 g/mol. The van der Waals surface area contributed by atoms with E-state index in [0.717, 1.165) is 0 Å². The van der Waals surface area contributed by atoms with Gasteiger partial charge in [-0.3, -0.25) is 9.13 Å². The Hall–Kier alpha value is 0.260. The summed E-state index contributed by atoms with van der Waals surface area (Å²) < 4.78 is 45.8. The maximum atomic E-state index is 12.4. The van der Waals surface area contributed by atoms with Crippen LogP contribution in [0.25, 0.3) is 0 Å². The molecule has 0 saturated carbocycles. The van der Waals surface area contributed by atoms with Gasteiger partial charge in [0.1, 0.15) is 0 Å². The van der Waals surface area contributed by atoms with Crippen LogP contribution in [0, 0.1) is 5.92 Å². The Kier molecular flexibility index (Phi) is 12.7. The minimum absolute atomic E-state index is 0.0868. The van der Waals surface area contributed by atoms with Gasteiger partial charge in [-0.2, -0.15) is 0 Å². The average molecular weight is 374 g/mol. The van der Waals surface area contributed by atoms with Gasteiger partial charge in [0.15, 0.2) is 0 Å². The Labute approximate surface area is 140 Å². The molecular formula is C14H32O7P2. The van der Waals surface area contributed by atoms with Crippen LogP contribution in [0.1, 0.15) is 40.5 Å². The largest absolute Gasteiger partial charge is 0.396 e. The van der Waals surface area contributed by atoms with Crippen molar-refractivity contribution in [2.75, 3.05) is 45.4 Å². The third kappa shape index (κ3) is 9.98. The summed E-state index contributed by atoms with van der Waals surface area (Å²) in [5, 5.41) is 9.50. The van der Waals surface area contributed by atoms with Crippen molar-refractivity contribution >= 4 is 15.2 Å². The van der Waals surface area contributed by atoms with Crippen LogP contribution in [0.2, 0.25) is 0 Å². The molecule has 0 aliphatic carbocycles. The molecule has 0 amide bonds. The molecule has 0 saturated heterocycles. The summed E-state index contributed by atoms with van der Waals surface area (Å²) in [7, 11) is -6.24. The standard InChI is InChI=1S/C14H32O7P2/c1-5-18-22(16,19-6-2)11-9-14(13-15)10-12-23(17,20-7-3)21-8-4/h14-15H,5-13H2,1-4H3. The highest BCUT2D eigenvalue weighted by Crippen LogP contribution is 2.51. The van der Waals surface area contributed by atoms with Gasteiger partial charge in [-0.05, 0) is 46.5 Å². The first-order chi connectivity index (χ1) is 10.9. The third-order valence-corrected chi connectivity index (χ3v) is 7.40. The van der Waals surface area contributed by atoms with Crippen LogP contribution in [0.4, 0.5) is 0 Å². The average Bonchev–Trinajstić information content (AvgIpc) is 2.48. The van der Waals surface area contributed by atoms with Crippen LogP contribution in [0.15, 0.2) is 0 Å². The highest BCUT2D eigenvalue weighted by molar-refractivity contribution is 7.54. The normalized spacial score (nSPS) is 13.0. The summed E-state index contributed by atoms with van der Waals surface area (Å²) in [6, 6.07) is 0. The van der Waals surface area contributed by atoms with Gasteiger partial charge in [-0.25, -0.2) is 0 Å². The maximum Gasteiger partial charge on any atom is 0.330 e. The van der Waals surface area contributed by atoms with Crippen molar-refractivity contribution in [1.82, 2.24) is 0 Å². The van der Waals surface area contributed by atoms with Crippen molar-refractivity contribution < 1.29 is 32.3 Å². The first-order valence-corrected chi connectivity index (χ1v) is 11.7. The van der Waals surface area contributed by atoms with Crippen LogP contribution in [0.5, 0.6) is 0 Å². The summed E-state index contributed by atoms with van der Waals surface area (Å²) in [4.78, 5) is 0. The van der Waals surface area contributed by atoms with Crippen LogP contribution >= 0.6 is 15.2 Å². The summed E-state index contributed by atoms with van der Waals surface area (Å²) in [5.41, 5.74) is 0. The lowest BCUT2D eigenvalue weighted by atomic mass is 10.1. The Morgan fingerprint density at radius 1 is 0.739 bits per heavy atom. The molecule has 0 bridgehead atoms. The molecule has 9 heteroatoms. The topological polar surface area (TPSA) is 91.3 Å². The van der Waals surface area contributed by atoms with Gasteiger partial charge in [0.2, 0.25) is 0 Å². The van der Waals surface area contributed by atoms with Crippen LogP contribution in [0.3, 0.4) is 0 Å². The molecule has 0 unspecified atom stereocenters. The first-order valence-electron chi connectivity index (χ1n) is 8.25. The summed E-state index contributed by atoms with van der Waals surface area (Å²) >= 11 is 0. The molecule has 0 aliphatic heterocycles. The molecule has 140 valence electrons. The van der Waals surface area contributed by atoms with Crippen molar-refractivity contribution in [3.8, 4) is 0 Å². The Morgan fingerprint density at radius 2 is 1.04 bits per heavy atom. The number of aliphatic hydroxyl groups is 1. The zero-order chi connectivity index (χ0) is 17.8. The lowest BCUT2D eigenvalue weighted by Crippen LogP contribution is -2.13. The van der Waals surface area contributed by atoms with Crippen LogP contribution < -0.4 is 0 Å². The molecular weight excluding hydrogens is 342 g/mol. The zero-order valence-electron chi connectivity index (χ0n) is 14.7. The molecule has 0 aromatic carbocycles. The van der Waals surface area contributed by atoms with E-state index in [2.05, 4.69) is 0 Å². The minimum Gasteiger partial charge on any atom is -0.396 e. The fourth-order valence-electron chi connectivity index (χ4n) is 2.13. The summed E-state index contributed by atoms with van der Waals surface area (Å²) in [6.45, 7) is 8.19. The lowest BCUT2D eigenvalue weighted by Gasteiger charge is -2.22. The molecule has 0 radical (unpaired) electrons. The number of hydrogen-bond acceptors (Lipinski definition) is 7. The molecule has 1 N–H and O–H groups in total. The van der Waals surface area contributed by atoms with Crippen molar-refractivity contribution in [3.05, 3.63) is 0 Å². The first kappa shape index (κ1) is 23.3. The van der Waals surface area contributed by atoms with Gasteiger partial charge in [0.05, 0.1) is 38.8 Å². The van der Waals surface area contributed by atoms with Crippen LogP contribution in [-0.4, -0.2) is 50.5 Å². The molecule has 0 atom stereocenters. The van der Waals surface area contributed by atoms with Gasteiger partial charge in [0, 0.05) is 6.61 Å². The number of rotatable bonds is 15. The van der Waals surface area contributed by atoms with E-state index in [0.29, 0.717) is 39.3 Å². The van der Waals surface area contributed by atoms with Crippen molar-refractivity contribution in [1.29, 1.82) is 0 Å². The second-order valence-corrected chi connectivity index (χ2v) is 9.34. The minimum atomic E-state index is -3.12. The van der Waals surface area contributed by atoms with E-state index in [1.165, 1.54) is 0 Å². The lowest BCUT2D eigenvalue weighted by molar-refractivity contribution is 0.196. The van der Waals surface area contributed by atoms with Crippen molar-refractivity contribution in [2.45, 2.75) is 40.5 Å². The Balaban J connectivity index is 4.54. The quantitative estimate of drug-likeness (QED) is 0.435. The Bertz CT molecular complexity index is 335. The smallest absolute Gasteiger partial charge is 0.330 e. The van der Waals surface area contributed by atoms with E-state index in [1.807, 2.05) is 0 Å². The molecule has 0 rings (SSSR count). The molecule has 0 heterocycles. The molecule has 0 spiro atoms. The highest BCUT2D eigenvalue weighted by Gasteiger charge is 2.28. The molecule has 0 aromatic rings. The van der Waals surface area contributed by atoms with E-state index < -0.39 is 15.2 Å². The highest BCUT2D eigenvalue weighted by atomic mass is 31.2. The van der Waals surface area contributed by atoms with Gasteiger partial charge >= 0.3 is 15.2 Å². The molecule has 0 aromatic heterocycles. The molecule has 23 heavy (non-hydrogen) atoms. The van der Waals surface area contributed by atoms with Gasteiger partial charge in [-0.15, -0.1) is 0 Å². The third-order valence-electron chi connectivity index (χ3n) is 3.18. The zero-order valence-corrected chi connectivity index (χ0v) is 16.5. The predicted molar refractivity (Wildman–Crippen MR) is 91.3 cm³/mol. The van der Waals surface area contributed by atoms with Crippen molar-refractivity contribution in [2.24, 2.45) is 5.92 Å². The van der Waals surface area contributed by atoms with Gasteiger partial charge in [0.25, 0.3) is 0 Å². The van der Waals surface area contributed by atoms with Gasteiger partial charge < -0.3 is 23.2 Å². The summed E-state index contributed by atoms with van der Waals surface area (Å²) in [6.07, 6.45) is 1.39.